The maximum absolute atomic E-state index is 11.9. The Bertz CT molecular complexity index is 808. The Morgan fingerprint density at radius 3 is 2.87 bits per heavy atom. The minimum atomic E-state index is -0.249. The summed E-state index contributed by atoms with van der Waals surface area (Å²) in [5.41, 5.74) is 1.77. The number of ether oxygens (including phenoxy) is 1. The van der Waals surface area contributed by atoms with Gasteiger partial charge in [-0.1, -0.05) is 22.0 Å². The lowest BCUT2D eigenvalue weighted by Crippen LogP contribution is -2.20. The van der Waals surface area contributed by atoms with Gasteiger partial charge in [0, 0.05) is 27.8 Å². The van der Waals surface area contributed by atoms with E-state index in [2.05, 4.69) is 31.2 Å². The quantitative estimate of drug-likeness (QED) is 0.716. The van der Waals surface area contributed by atoms with Crippen molar-refractivity contribution < 1.29 is 9.53 Å². The number of anilines is 1. The van der Waals surface area contributed by atoms with E-state index in [0.29, 0.717) is 10.9 Å². The molecule has 0 saturated heterocycles. The number of aromatic nitrogens is 2. The summed E-state index contributed by atoms with van der Waals surface area (Å²) in [6.45, 7) is -0.0688. The molecule has 2 aromatic heterocycles. The summed E-state index contributed by atoms with van der Waals surface area (Å²) in [5.74, 6) is 0.381. The Morgan fingerprint density at radius 2 is 2.09 bits per heavy atom. The van der Waals surface area contributed by atoms with E-state index in [-0.39, 0.29) is 12.5 Å². The predicted octanol–water partition coefficient (Wildman–Crippen LogP) is 3.99. The highest BCUT2D eigenvalue weighted by atomic mass is 79.9. The van der Waals surface area contributed by atoms with Crippen LogP contribution in [0.5, 0.6) is 5.75 Å². The molecule has 3 rings (SSSR count). The molecule has 0 bridgehead atoms. The van der Waals surface area contributed by atoms with E-state index >= 15 is 0 Å². The van der Waals surface area contributed by atoms with Gasteiger partial charge in [-0.15, -0.1) is 11.3 Å². The van der Waals surface area contributed by atoms with Gasteiger partial charge in [-0.2, -0.15) is 0 Å². The molecule has 0 radical (unpaired) electrons. The van der Waals surface area contributed by atoms with Crippen LogP contribution in [0.1, 0.15) is 0 Å². The van der Waals surface area contributed by atoms with E-state index in [4.69, 9.17) is 4.74 Å². The topological polar surface area (TPSA) is 64.1 Å². The van der Waals surface area contributed by atoms with Gasteiger partial charge in [-0.3, -0.25) is 15.1 Å². The smallest absolute Gasteiger partial charge is 0.264 e. The van der Waals surface area contributed by atoms with Crippen LogP contribution in [-0.4, -0.2) is 22.5 Å². The van der Waals surface area contributed by atoms with Gasteiger partial charge in [0.25, 0.3) is 5.91 Å². The number of hydrogen-bond acceptors (Lipinski definition) is 5. The van der Waals surface area contributed by atoms with Gasteiger partial charge in [-0.05, 0) is 30.3 Å². The molecule has 1 aromatic carbocycles. The molecule has 0 spiro atoms. The van der Waals surface area contributed by atoms with Crippen LogP contribution in [0.4, 0.5) is 5.13 Å². The van der Waals surface area contributed by atoms with Crippen molar-refractivity contribution >= 4 is 38.3 Å². The summed E-state index contributed by atoms with van der Waals surface area (Å²) in [6, 6.07) is 11.1. The Hall–Kier alpha value is -2.25. The van der Waals surface area contributed by atoms with E-state index in [1.165, 1.54) is 11.3 Å². The van der Waals surface area contributed by atoms with Crippen molar-refractivity contribution in [3.05, 3.63) is 58.6 Å². The number of pyridine rings is 1. The average molecular weight is 390 g/mol. The van der Waals surface area contributed by atoms with Crippen LogP contribution in [0.25, 0.3) is 11.3 Å². The highest BCUT2D eigenvalue weighted by molar-refractivity contribution is 9.10. The van der Waals surface area contributed by atoms with Crippen LogP contribution >= 0.6 is 27.3 Å². The number of nitrogens with one attached hydrogen (secondary N) is 1. The van der Waals surface area contributed by atoms with Crippen molar-refractivity contribution in [2.45, 2.75) is 0 Å². The van der Waals surface area contributed by atoms with Gasteiger partial charge in [0.1, 0.15) is 5.75 Å². The number of carbonyl (C=O) groups excluding carboxylic acids is 1. The third kappa shape index (κ3) is 4.37. The van der Waals surface area contributed by atoms with E-state index in [1.807, 2.05) is 29.6 Å². The molecular weight excluding hydrogens is 378 g/mol. The number of amides is 1. The minimum absolute atomic E-state index is 0.0688. The maximum Gasteiger partial charge on any atom is 0.264 e. The van der Waals surface area contributed by atoms with Crippen LogP contribution < -0.4 is 10.1 Å². The summed E-state index contributed by atoms with van der Waals surface area (Å²) < 4.78 is 6.34. The number of hydrogen-bond donors (Lipinski definition) is 1. The lowest BCUT2D eigenvalue weighted by molar-refractivity contribution is -0.118. The fraction of sp³-hybridized carbons (Fsp3) is 0.0625. The van der Waals surface area contributed by atoms with E-state index in [1.54, 1.807) is 24.5 Å². The zero-order valence-electron chi connectivity index (χ0n) is 11.9. The Balaban J connectivity index is 1.57. The number of nitrogens with zero attached hydrogens (tertiary/aromatic N) is 2. The SMILES string of the molecule is O=C(COc1cccc(Br)c1)Nc1nc(-c2ccncc2)cs1. The second-order valence-corrected chi connectivity index (χ2v) is 6.34. The van der Waals surface area contributed by atoms with Crippen molar-refractivity contribution in [3.63, 3.8) is 0 Å². The molecule has 0 fully saturated rings. The van der Waals surface area contributed by atoms with Gasteiger partial charge in [0.15, 0.2) is 11.7 Å². The minimum Gasteiger partial charge on any atom is -0.484 e. The molecule has 1 N–H and O–H groups in total. The van der Waals surface area contributed by atoms with Crippen LogP contribution in [0.15, 0.2) is 58.6 Å². The zero-order chi connectivity index (χ0) is 16.1. The number of carbonyl (C=O) groups is 1. The van der Waals surface area contributed by atoms with Gasteiger partial charge in [0.2, 0.25) is 0 Å². The summed E-state index contributed by atoms with van der Waals surface area (Å²) >= 11 is 4.72. The summed E-state index contributed by atoms with van der Waals surface area (Å²) in [7, 11) is 0. The van der Waals surface area contributed by atoms with Crippen molar-refractivity contribution in [2.24, 2.45) is 0 Å². The van der Waals surface area contributed by atoms with Crippen molar-refractivity contribution in [1.29, 1.82) is 0 Å². The van der Waals surface area contributed by atoms with Gasteiger partial charge >= 0.3 is 0 Å². The maximum atomic E-state index is 11.9. The first-order valence-electron chi connectivity index (χ1n) is 6.75. The third-order valence-corrected chi connectivity index (χ3v) is 4.14. The molecule has 0 aliphatic carbocycles. The Morgan fingerprint density at radius 1 is 1.26 bits per heavy atom. The lowest BCUT2D eigenvalue weighted by atomic mass is 10.2. The fourth-order valence-corrected chi connectivity index (χ4v) is 2.96. The molecule has 1 amide bonds. The van der Waals surface area contributed by atoms with Crippen molar-refractivity contribution in [1.82, 2.24) is 9.97 Å². The molecule has 0 saturated carbocycles. The Labute approximate surface area is 145 Å². The molecule has 2 heterocycles. The molecule has 0 atom stereocenters. The monoisotopic (exact) mass is 389 g/mol. The van der Waals surface area contributed by atoms with E-state index in [9.17, 15) is 4.79 Å². The normalized spacial score (nSPS) is 10.3. The number of rotatable bonds is 5. The first-order valence-corrected chi connectivity index (χ1v) is 8.42. The van der Waals surface area contributed by atoms with Gasteiger partial charge in [-0.25, -0.2) is 4.98 Å². The van der Waals surface area contributed by atoms with Crippen molar-refractivity contribution in [2.75, 3.05) is 11.9 Å². The molecular formula is C16H12BrN3O2S. The van der Waals surface area contributed by atoms with E-state index in [0.717, 1.165) is 15.7 Å². The van der Waals surface area contributed by atoms with Crippen LogP contribution in [0.3, 0.4) is 0 Å². The summed E-state index contributed by atoms with van der Waals surface area (Å²) in [5, 5.41) is 5.16. The average Bonchev–Trinajstić information content (AvgIpc) is 3.02. The molecule has 3 aromatic rings. The van der Waals surface area contributed by atoms with Crippen LogP contribution in [0, 0.1) is 0 Å². The summed E-state index contributed by atoms with van der Waals surface area (Å²) in [6.07, 6.45) is 3.41. The van der Waals surface area contributed by atoms with Crippen LogP contribution in [0.2, 0.25) is 0 Å². The summed E-state index contributed by atoms with van der Waals surface area (Å²) in [4.78, 5) is 20.3. The molecule has 0 aliphatic rings. The third-order valence-electron chi connectivity index (χ3n) is 2.89. The lowest BCUT2D eigenvalue weighted by Gasteiger charge is -2.05. The number of benzene rings is 1. The molecule has 0 unspecified atom stereocenters. The van der Waals surface area contributed by atoms with E-state index < -0.39 is 0 Å². The zero-order valence-corrected chi connectivity index (χ0v) is 14.3. The number of halogens is 1. The molecule has 23 heavy (non-hydrogen) atoms. The highest BCUT2D eigenvalue weighted by Crippen LogP contribution is 2.24. The fourth-order valence-electron chi connectivity index (χ4n) is 1.85. The molecule has 116 valence electrons. The van der Waals surface area contributed by atoms with Gasteiger partial charge in [0.05, 0.1) is 5.69 Å². The highest BCUT2D eigenvalue weighted by Gasteiger charge is 2.09. The second-order valence-electron chi connectivity index (χ2n) is 4.57. The first-order chi connectivity index (χ1) is 11.2. The number of thiazole rings is 1. The molecule has 0 aliphatic heterocycles. The van der Waals surface area contributed by atoms with Crippen LogP contribution in [-0.2, 0) is 4.79 Å². The first kappa shape index (κ1) is 15.6. The predicted molar refractivity (Wildman–Crippen MR) is 93.6 cm³/mol. The standard InChI is InChI=1S/C16H12BrN3O2S/c17-12-2-1-3-13(8-12)22-9-15(21)20-16-19-14(10-23-16)11-4-6-18-7-5-11/h1-8,10H,9H2,(H,19,20,21). The Kier molecular flexibility index (Phi) is 4.99. The van der Waals surface area contributed by atoms with Crippen molar-refractivity contribution in [3.8, 4) is 17.0 Å². The second kappa shape index (κ2) is 7.34. The largest absolute Gasteiger partial charge is 0.484 e. The molecule has 5 nitrogen and oxygen atoms in total. The van der Waals surface area contributed by atoms with Gasteiger partial charge < -0.3 is 4.74 Å². The molecule has 7 heteroatoms.